The van der Waals surface area contributed by atoms with Gasteiger partial charge in [-0.25, -0.2) is 4.79 Å². The lowest BCUT2D eigenvalue weighted by atomic mass is 10.1. The first-order chi connectivity index (χ1) is 12.8. The number of rotatable bonds is 5. The van der Waals surface area contributed by atoms with Gasteiger partial charge in [0.1, 0.15) is 6.04 Å². The molecule has 0 saturated carbocycles. The van der Waals surface area contributed by atoms with Crippen molar-refractivity contribution in [2.45, 2.75) is 45.2 Å². The number of piperazine rings is 1. The second kappa shape index (κ2) is 7.58. The molecular weight excluding hydrogens is 348 g/mol. The molecule has 0 aromatic carbocycles. The largest absolute Gasteiger partial charge is 0.335 e. The number of carbonyl (C=O) groups excluding carboxylic acids is 3. The van der Waals surface area contributed by atoms with Crippen LogP contribution in [0.15, 0.2) is 0 Å². The highest BCUT2D eigenvalue weighted by atomic mass is 16.2. The molecule has 0 bridgehead atoms. The van der Waals surface area contributed by atoms with E-state index in [0.717, 1.165) is 24.2 Å². The first kappa shape index (κ1) is 19.2. The zero-order chi connectivity index (χ0) is 19.7. The number of aromatic nitrogens is 2. The predicted octanol–water partition coefficient (Wildman–Crippen LogP) is 0.0420. The van der Waals surface area contributed by atoms with E-state index >= 15 is 0 Å². The molecule has 2 fully saturated rings. The summed E-state index contributed by atoms with van der Waals surface area (Å²) in [6.07, 6.45) is 2.18. The van der Waals surface area contributed by atoms with Crippen LogP contribution < -0.4 is 5.32 Å². The molecule has 3 rings (SSSR count). The SMILES string of the molecule is Cc1n[nH]c(C)c1CCCN(C)C(=O)N[C@H]1C[C@H]2C(=O)N(C)CC(=O)N2C1. The van der Waals surface area contributed by atoms with Gasteiger partial charge in [-0.15, -0.1) is 0 Å². The summed E-state index contributed by atoms with van der Waals surface area (Å²) in [4.78, 5) is 41.5. The fraction of sp³-hybridized carbons (Fsp3) is 0.667. The molecule has 0 spiro atoms. The van der Waals surface area contributed by atoms with E-state index in [1.54, 1.807) is 23.9 Å². The highest BCUT2D eigenvalue weighted by Gasteiger charge is 2.45. The van der Waals surface area contributed by atoms with Crippen molar-refractivity contribution in [2.75, 3.05) is 33.7 Å². The summed E-state index contributed by atoms with van der Waals surface area (Å²) in [5.41, 5.74) is 3.28. The van der Waals surface area contributed by atoms with Gasteiger partial charge < -0.3 is 20.0 Å². The lowest BCUT2D eigenvalue weighted by Gasteiger charge is -2.33. The van der Waals surface area contributed by atoms with Gasteiger partial charge in [0.05, 0.1) is 18.3 Å². The Kier molecular flexibility index (Phi) is 5.38. The van der Waals surface area contributed by atoms with E-state index in [2.05, 4.69) is 15.5 Å². The molecule has 0 radical (unpaired) electrons. The summed E-state index contributed by atoms with van der Waals surface area (Å²) in [6.45, 7) is 5.11. The van der Waals surface area contributed by atoms with Crippen molar-refractivity contribution < 1.29 is 14.4 Å². The third-order valence-electron chi connectivity index (χ3n) is 5.53. The topological polar surface area (TPSA) is 102 Å². The Hall–Kier alpha value is -2.58. The van der Waals surface area contributed by atoms with Crippen LogP contribution in [0, 0.1) is 13.8 Å². The first-order valence-electron chi connectivity index (χ1n) is 9.34. The molecule has 9 heteroatoms. The Morgan fingerprint density at radius 1 is 1.37 bits per heavy atom. The van der Waals surface area contributed by atoms with Crippen molar-refractivity contribution in [3.05, 3.63) is 17.0 Å². The number of fused-ring (bicyclic) bond motifs is 1. The Labute approximate surface area is 159 Å². The van der Waals surface area contributed by atoms with E-state index in [9.17, 15) is 14.4 Å². The van der Waals surface area contributed by atoms with Crippen LogP contribution in [0.3, 0.4) is 0 Å². The van der Waals surface area contributed by atoms with Gasteiger partial charge in [-0.1, -0.05) is 0 Å². The minimum absolute atomic E-state index is 0.0504. The van der Waals surface area contributed by atoms with Crippen LogP contribution in [-0.2, 0) is 16.0 Å². The molecule has 2 N–H and O–H groups in total. The molecule has 0 aliphatic carbocycles. The monoisotopic (exact) mass is 376 g/mol. The summed E-state index contributed by atoms with van der Waals surface area (Å²) < 4.78 is 0. The van der Waals surface area contributed by atoms with Gasteiger partial charge in [-0.05, 0) is 38.7 Å². The zero-order valence-corrected chi connectivity index (χ0v) is 16.4. The third kappa shape index (κ3) is 3.91. The number of hydrogen-bond acceptors (Lipinski definition) is 4. The zero-order valence-electron chi connectivity index (χ0n) is 16.4. The number of amides is 4. The number of hydrogen-bond donors (Lipinski definition) is 2. The highest BCUT2D eigenvalue weighted by molar-refractivity contribution is 5.95. The van der Waals surface area contributed by atoms with Crippen molar-refractivity contribution in [3.8, 4) is 0 Å². The number of likely N-dealkylation sites (N-methyl/N-ethyl adjacent to an activating group) is 1. The first-order valence-corrected chi connectivity index (χ1v) is 9.34. The standard InChI is InChI=1S/C18H28N6O3/c1-11-14(12(2)21-20-11)6-5-7-22(3)18(27)19-13-8-15-17(26)23(4)10-16(25)24(15)9-13/h13,15H,5-10H2,1-4H3,(H,19,27)(H,20,21)/t13-,15-/m0/s1. The molecule has 2 aliphatic heterocycles. The van der Waals surface area contributed by atoms with Gasteiger partial charge in [0.2, 0.25) is 11.8 Å². The molecular formula is C18H28N6O3. The minimum atomic E-state index is -0.445. The van der Waals surface area contributed by atoms with Gasteiger partial charge in [-0.3, -0.25) is 14.7 Å². The minimum Gasteiger partial charge on any atom is -0.335 e. The Morgan fingerprint density at radius 3 is 2.78 bits per heavy atom. The van der Waals surface area contributed by atoms with Gasteiger partial charge in [0, 0.05) is 32.9 Å². The van der Waals surface area contributed by atoms with Crippen molar-refractivity contribution in [2.24, 2.45) is 0 Å². The number of nitrogens with zero attached hydrogens (tertiary/aromatic N) is 4. The quantitative estimate of drug-likeness (QED) is 0.758. The maximum absolute atomic E-state index is 12.5. The van der Waals surface area contributed by atoms with E-state index in [1.807, 2.05) is 13.8 Å². The van der Waals surface area contributed by atoms with Gasteiger partial charge in [0.25, 0.3) is 0 Å². The Bertz CT molecular complexity index is 726. The third-order valence-corrected chi connectivity index (χ3v) is 5.53. The average molecular weight is 376 g/mol. The highest BCUT2D eigenvalue weighted by Crippen LogP contribution is 2.23. The van der Waals surface area contributed by atoms with Crippen molar-refractivity contribution in [1.29, 1.82) is 0 Å². The van der Waals surface area contributed by atoms with Crippen LogP contribution in [0.5, 0.6) is 0 Å². The summed E-state index contributed by atoms with van der Waals surface area (Å²) >= 11 is 0. The molecule has 2 aliphatic rings. The van der Waals surface area contributed by atoms with E-state index < -0.39 is 6.04 Å². The second-order valence-corrected chi connectivity index (χ2v) is 7.58. The smallest absolute Gasteiger partial charge is 0.317 e. The van der Waals surface area contributed by atoms with Crippen LogP contribution in [0.2, 0.25) is 0 Å². The normalized spacial score (nSPS) is 22.2. The van der Waals surface area contributed by atoms with Gasteiger partial charge in [-0.2, -0.15) is 5.10 Å². The van der Waals surface area contributed by atoms with Crippen molar-refractivity contribution in [1.82, 2.24) is 30.2 Å². The molecule has 27 heavy (non-hydrogen) atoms. The molecule has 1 aromatic rings. The summed E-state index contributed by atoms with van der Waals surface area (Å²) in [5, 5.41) is 10.1. The van der Waals surface area contributed by atoms with Crippen LogP contribution in [-0.4, -0.2) is 88.6 Å². The number of aromatic amines is 1. The lowest BCUT2D eigenvalue weighted by molar-refractivity contribution is -0.152. The Morgan fingerprint density at radius 2 is 2.11 bits per heavy atom. The summed E-state index contributed by atoms with van der Waals surface area (Å²) in [6, 6.07) is -0.810. The molecule has 148 valence electrons. The molecule has 4 amide bonds. The van der Waals surface area contributed by atoms with Crippen molar-refractivity contribution >= 4 is 17.8 Å². The fourth-order valence-corrected chi connectivity index (χ4v) is 3.90. The van der Waals surface area contributed by atoms with Gasteiger partial charge >= 0.3 is 6.03 Å². The van der Waals surface area contributed by atoms with Gasteiger partial charge in [0.15, 0.2) is 0 Å². The van der Waals surface area contributed by atoms with Crippen LogP contribution in [0.4, 0.5) is 4.79 Å². The van der Waals surface area contributed by atoms with Crippen molar-refractivity contribution in [3.63, 3.8) is 0 Å². The average Bonchev–Trinajstić information content (AvgIpc) is 3.18. The summed E-state index contributed by atoms with van der Waals surface area (Å²) in [7, 11) is 3.40. The number of aryl methyl sites for hydroxylation is 2. The van der Waals surface area contributed by atoms with Crippen LogP contribution >= 0.6 is 0 Å². The second-order valence-electron chi connectivity index (χ2n) is 7.58. The number of H-pyrrole nitrogens is 1. The molecule has 0 unspecified atom stereocenters. The van der Waals surface area contributed by atoms with E-state index in [-0.39, 0.29) is 30.4 Å². The fourth-order valence-electron chi connectivity index (χ4n) is 3.90. The van der Waals surface area contributed by atoms with E-state index in [4.69, 9.17) is 0 Å². The van der Waals surface area contributed by atoms with E-state index in [1.165, 1.54) is 10.5 Å². The van der Waals surface area contributed by atoms with Crippen LogP contribution in [0.25, 0.3) is 0 Å². The van der Waals surface area contributed by atoms with E-state index in [0.29, 0.717) is 19.5 Å². The predicted molar refractivity (Wildman–Crippen MR) is 99.1 cm³/mol. The maximum Gasteiger partial charge on any atom is 0.317 e. The maximum atomic E-state index is 12.5. The summed E-state index contributed by atoms with van der Waals surface area (Å²) in [5.74, 6) is -0.108. The molecule has 2 saturated heterocycles. The van der Waals surface area contributed by atoms with Crippen LogP contribution in [0.1, 0.15) is 29.8 Å². The molecule has 3 heterocycles. The lowest BCUT2D eigenvalue weighted by Crippen LogP contribution is -2.55. The molecule has 9 nitrogen and oxygen atoms in total. The molecule has 1 aromatic heterocycles. The number of nitrogens with one attached hydrogen (secondary N) is 2. The Balaban J connectivity index is 1.47. The number of urea groups is 1. The molecule has 2 atom stereocenters. The number of carbonyl (C=O) groups is 3.